The van der Waals surface area contributed by atoms with Gasteiger partial charge >= 0.3 is 0 Å². The number of methoxy groups -OCH3 is 1. The molecule has 1 aliphatic heterocycles. The zero-order valence-corrected chi connectivity index (χ0v) is 15.5. The van der Waals surface area contributed by atoms with Crippen molar-refractivity contribution in [2.45, 2.75) is 25.4 Å². The maximum Gasteiger partial charge on any atom is 0.225 e. The summed E-state index contributed by atoms with van der Waals surface area (Å²) in [5, 5.41) is 3.65. The third-order valence-electron chi connectivity index (χ3n) is 4.87. The number of hydrogen-bond donors (Lipinski definition) is 1. The minimum atomic E-state index is 0.392. The molecule has 0 radical (unpaired) electrons. The molecule has 0 saturated carbocycles. The second-order valence-electron chi connectivity index (χ2n) is 6.63. The minimum absolute atomic E-state index is 0.392. The second-order valence-corrected chi connectivity index (χ2v) is 6.63. The largest absolute Gasteiger partial charge is 0.497 e. The summed E-state index contributed by atoms with van der Waals surface area (Å²) in [6.07, 6.45) is 9.70. The summed E-state index contributed by atoms with van der Waals surface area (Å²) in [6, 6.07) is 10.3. The lowest BCUT2D eigenvalue weighted by Gasteiger charge is -2.33. The molecule has 1 aliphatic rings. The third kappa shape index (κ3) is 4.09. The molecular formula is C20H24N6O. The molecule has 0 bridgehead atoms. The Balaban J connectivity index is 1.40. The van der Waals surface area contributed by atoms with Crippen molar-refractivity contribution in [3.63, 3.8) is 0 Å². The number of rotatable bonds is 6. The topological polar surface area (TPSA) is 68.1 Å². The van der Waals surface area contributed by atoms with E-state index in [9.17, 15) is 0 Å². The van der Waals surface area contributed by atoms with Crippen LogP contribution in [0.25, 0.3) is 5.69 Å². The molecule has 1 unspecified atom stereocenters. The number of nitrogens with one attached hydrogen (secondary N) is 1. The minimum Gasteiger partial charge on any atom is -0.497 e. The normalized spacial score (nSPS) is 17.1. The van der Waals surface area contributed by atoms with E-state index in [1.54, 1.807) is 19.5 Å². The molecule has 7 nitrogen and oxygen atoms in total. The molecule has 0 aliphatic carbocycles. The zero-order valence-electron chi connectivity index (χ0n) is 15.5. The molecule has 4 rings (SSSR count). The second kappa shape index (κ2) is 8.18. The Morgan fingerprint density at radius 1 is 1.11 bits per heavy atom. The highest BCUT2D eigenvalue weighted by molar-refractivity contribution is 5.38. The number of benzene rings is 1. The molecule has 1 fully saturated rings. The molecule has 27 heavy (non-hydrogen) atoms. The van der Waals surface area contributed by atoms with Crippen LogP contribution >= 0.6 is 0 Å². The molecule has 3 aromatic rings. The van der Waals surface area contributed by atoms with Gasteiger partial charge in [-0.25, -0.2) is 15.0 Å². The summed E-state index contributed by atoms with van der Waals surface area (Å²) in [5.74, 6) is 2.65. The van der Waals surface area contributed by atoms with Gasteiger partial charge in [-0.05, 0) is 43.2 Å². The van der Waals surface area contributed by atoms with E-state index < -0.39 is 0 Å². The van der Waals surface area contributed by atoms with Crippen LogP contribution in [0.15, 0.2) is 55.1 Å². The van der Waals surface area contributed by atoms with Crippen molar-refractivity contribution in [3.8, 4) is 11.4 Å². The van der Waals surface area contributed by atoms with Gasteiger partial charge in [0.05, 0.1) is 13.7 Å². The van der Waals surface area contributed by atoms with Gasteiger partial charge in [-0.1, -0.05) is 0 Å². The summed E-state index contributed by atoms with van der Waals surface area (Å²) in [7, 11) is 1.68. The number of hydrogen-bond acceptors (Lipinski definition) is 6. The van der Waals surface area contributed by atoms with Crippen LogP contribution in [0.2, 0.25) is 0 Å². The fraction of sp³-hybridized carbons (Fsp3) is 0.350. The van der Waals surface area contributed by atoms with Crippen LogP contribution in [-0.2, 0) is 6.54 Å². The van der Waals surface area contributed by atoms with Crippen LogP contribution < -0.4 is 15.0 Å². The predicted octanol–water partition coefficient (Wildman–Crippen LogP) is 2.43. The predicted molar refractivity (Wildman–Crippen MR) is 104 cm³/mol. The van der Waals surface area contributed by atoms with Crippen LogP contribution in [0, 0.1) is 0 Å². The number of imidazole rings is 1. The molecule has 1 N–H and O–H groups in total. The van der Waals surface area contributed by atoms with Crippen LogP contribution in [-0.4, -0.2) is 45.8 Å². The van der Waals surface area contributed by atoms with Gasteiger partial charge in [0.1, 0.15) is 11.6 Å². The molecule has 1 aromatic carbocycles. The summed E-state index contributed by atoms with van der Waals surface area (Å²) in [6.45, 7) is 2.63. The van der Waals surface area contributed by atoms with Crippen molar-refractivity contribution in [1.29, 1.82) is 0 Å². The fourth-order valence-electron chi connectivity index (χ4n) is 3.46. The van der Waals surface area contributed by atoms with E-state index in [2.05, 4.69) is 29.7 Å². The molecule has 0 spiro atoms. The van der Waals surface area contributed by atoms with Crippen LogP contribution in [0.3, 0.4) is 0 Å². The maximum atomic E-state index is 5.24. The number of anilines is 1. The molecule has 1 saturated heterocycles. The summed E-state index contributed by atoms with van der Waals surface area (Å²) in [4.78, 5) is 15.5. The highest BCUT2D eigenvalue weighted by atomic mass is 16.5. The fourth-order valence-corrected chi connectivity index (χ4v) is 3.46. The Morgan fingerprint density at radius 3 is 2.70 bits per heavy atom. The first-order chi connectivity index (χ1) is 13.3. The lowest BCUT2D eigenvalue weighted by molar-refractivity contribution is 0.412. The van der Waals surface area contributed by atoms with Crippen molar-refractivity contribution in [2.24, 2.45) is 0 Å². The number of ether oxygens (including phenoxy) is 1. The van der Waals surface area contributed by atoms with Gasteiger partial charge in [0.15, 0.2) is 0 Å². The summed E-state index contributed by atoms with van der Waals surface area (Å²) >= 11 is 0. The first kappa shape index (κ1) is 17.5. The monoisotopic (exact) mass is 364 g/mol. The van der Waals surface area contributed by atoms with Crippen molar-refractivity contribution >= 4 is 5.95 Å². The Hall–Kier alpha value is -2.93. The van der Waals surface area contributed by atoms with Crippen LogP contribution in [0.5, 0.6) is 5.75 Å². The molecule has 1 atom stereocenters. The average molecular weight is 364 g/mol. The van der Waals surface area contributed by atoms with E-state index >= 15 is 0 Å². The molecule has 3 heterocycles. The average Bonchev–Trinajstić information content (AvgIpc) is 3.22. The molecular weight excluding hydrogens is 340 g/mol. The Labute approximate surface area is 159 Å². The van der Waals surface area contributed by atoms with Gasteiger partial charge in [-0.3, -0.25) is 0 Å². The van der Waals surface area contributed by atoms with Crippen molar-refractivity contribution in [2.75, 3.05) is 25.1 Å². The van der Waals surface area contributed by atoms with E-state index in [-0.39, 0.29) is 0 Å². The Bertz CT molecular complexity index is 848. The van der Waals surface area contributed by atoms with Gasteiger partial charge in [-0.15, -0.1) is 0 Å². The SMILES string of the molecule is COc1ccc(-n2ccnc2CNC2CCCN(c3ncccn3)C2)cc1. The van der Waals surface area contributed by atoms with Crippen molar-refractivity contribution < 1.29 is 4.74 Å². The summed E-state index contributed by atoms with van der Waals surface area (Å²) < 4.78 is 7.34. The Morgan fingerprint density at radius 2 is 1.93 bits per heavy atom. The molecule has 7 heteroatoms. The zero-order chi connectivity index (χ0) is 18.5. The van der Waals surface area contributed by atoms with E-state index in [0.29, 0.717) is 12.6 Å². The lowest BCUT2D eigenvalue weighted by atomic mass is 10.1. The Kier molecular flexibility index (Phi) is 5.29. The standard InChI is InChI=1S/C20H24N6O/c1-27-18-7-5-17(6-8-18)26-13-11-21-19(26)14-24-16-4-2-12-25(15-16)20-22-9-3-10-23-20/h3,5-11,13,16,24H,2,4,12,14-15H2,1H3. The maximum absolute atomic E-state index is 5.24. The van der Waals surface area contributed by atoms with E-state index in [0.717, 1.165) is 49.1 Å². The first-order valence-corrected chi connectivity index (χ1v) is 9.25. The van der Waals surface area contributed by atoms with E-state index in [1.807, 2.05) is 42.7 Å². The smallest absolute Gasteiger partial charge is 0.225 e. The van der Waals surface area contributed by atoms with Gasteiger partial charge in [0.25, 0.3) is 0 Å². The molecule has 0 amide bonds. The highest BCUT2D eigenvalue weighted by Gasteiger charge is 2.21. The van der Waals surface area contributed by atoms with Gasteiger partial charge in [-0.2, -0.15) is 0 Å². The number of piperidine rings is 1. The van der Waals surface area contributed by atoms with Gasteiger partial charge in [0.2, 0.25) is 5.95 Å². The molecule has 2 aromatic heterocycles. The van der Waals surface area contributed by atoms with Crippen molar-refractivity contribution in [1.82, 2.24) is 24.8 Å². The van der Waals surface area contributed by atoms with Gasteiger partial charge in [0, 0.05) is 49.6 Å². The van der Waals surface area contributed by atoms with E-state index in [1.165, 1.54) is 0 Å². The quantitative estimate of drug-likeness (QED) is 0.725. The summed E-state index contributed by atoms with van der Waals surface area (Å²) in [5.41, 5.74) is 1.08. The number of aromatic nitrogens is 4. The van der Waals surface area contributed by atoms with Crippen molar-refractivity contribution in [3.05, 3.63) is 60.9 Å². The van der Waals surface area contributed by atoms with E-state index in [4.69, 9.17) is 4.74 Å². The lowest BCUT2D eigenvalue weighted by Crippen LogP contribution is -2.46. The molecule has 140 valence electrons. The third-order valence-corrected chi connectivity index (χ3v) is 4.87. The number of nitrogens with zero attached hydrogens (tertiary/aromatic N) is 5. The highest BCUT2D eigenvalue weighted by Crippen LogP contribution is 2.18. The first-order valence-electron chi connectivity index (χ1n) is 9.25. The van der Waals surface area contributed by atoms with Gasteiger partial charge < -0.3 is 19.5 Å². The van der Waals surface area contributed by atoms with Crippen LogP contribution in [0.1, 0.15) is 18.7 Å². The van der Waals surface area contributed by atoms with Crippen LogP contribution in [0.4, 0.5) is 5.95 Å².